The monoisotopic (exact) mass is 257 g/mol. The van der Waals surface area contributed by atoms with Gasteiger partial charge in [-0.3, -0.25) is 10.2 Å². The van der Waals surface area contributed by atoms with Gasteiger partial charge in [-0.25, -0.2) is 0 Å². The Morgan fingerprint density at radius 3 is 2.37 bits per heavy atom. The van der Waals surface area contributed by atoms with E-state index in [4.69, 9.17) is 0 Å². The molecule has 0 radical (unpaired) electrons. The Bertz CT molecular complexity index is 424. The van der Waals surface area contributed by atoms with Gasteiger partial charge in [-0.15, -0.1) is 0 Å². The van der Waals surface area contributed by atoms with Crippen LogP contribution in [0.4, 0.5) is 0 Å². The summed E-state index contributed by atoms with van der Waals surface area (Å²) in [7, 11) is 0. The van der Waals surface area contributed by atoms with E-state index in [2.05, 4.69) is 54.4 Å². The Labute approximate surface area is 116 Å². The van der Waals surface area contributed by atoms with E-state index in [1.165, 1.54) is 18.4 Å². The quantitative estimate of drug-likeness (QED) is 0.816. The van der Waals surface area contributed by atoms with E-state index in [1.807, 2.05) is 0 Å². The van der Waals surface area contributed by atoms with Crippen molar-refractivity contribution in [3.63, 3.8) is 0 Å². The average molecular weight is 257 g/mol. The summed E-state index contributed by atoms with van der Waals surface area (Å²) in [5, 5.41) is 12.6. The first kappa shape index (κ1) is 14.0. The first-order valence-corrected chi connectivity index (χ1v) is 7.23. The molecule has 102 valence electrons. The summed E-state index contributed by atoms with van der Waals surface area (Å²) in [6.45, 7) is 7.50. The lowest BCUT2D eigenvalue weighted by atomic mass is 10.1. The van der Waals surface area contributed by atoms with Crippen LogP contribution in [0.25, 0.3) is 0 Å². The molecule has 0 saturated heterocycles. The van der Waals surface area contributed by atoms with Gasteiger partial charge in [0.15, 0.2) is 0 Å². The average Bonchev–Trinajstić information content (AvgIpc) is 3.27. The minimum absolute atomic E-state index is 0.157. The molecule has 0 spiro atoms. The van der Waals surface area contributed by atoms with Gasteiger partial charge in [-0.1, -0.05) is 38.1 Å². The van der Waals surface area contributed by atoms with Crippen LogP contribution < -0.4 is 5.32 Å². The molecule has 1 aromatic rings. The van der Waals surface area contributed by atoms with E-state index >= 15 is 0 Å². The van der Waals surface area contributed by atoms with Gasteiger partial charge >= 0.3 is 0 Å². The molecule has 3 nitrogen and oxygen atoms in total. The smallest absolute Gasteiger partial charge is 0.121 e. The predicted octanol–water partition coefficient (Wildman–Crippen LogP) is 2.85. The molecule has 0 bridgehead atoms. The van der Waals surface area contributed by atoms with E-state index in [9.17, 15) is 5.26 Å². The number of rotatable bonds is 7. The summed E-state index contributed by atoms with van der Waals surface area (Å²) < 4.78 is 0. The highest BCUT2D eigenvalue weighted by atomic mass is 15.1. The highest BCUT2D eigenvalue weighted by Gasteiger charge is 2.25. The molecule has 0 amide bonds. The normalized spacial score (nSPS) is 16.3. The second-order valence-corrected chi connectivity index (χ2v) is 5.21. The van der Waals surface area contributed by atoms with Crippen LogP contribution in [0.1, 0.15) is 43.9 Å². The van der Waals surface area contributed by atoms with Crippen LogP contribution in [0.15, 0.2) is 24.3 Å². The number of hydrogen-bond donors (Lipinski definition) is 1. The molecular weight excluding hydrogens is 234 g/mol. The molecule has 1 unspecified atom stereocenters. The van der Waals surface area contributed by atoms with Crippen molar-refractivity contribution in [1.82, 2.24) is 10.2 Å². The number of nitrogens with zero attached hydrogens (tertiary/aromatic N) is 2. The van der Waals surface area contributed by atoms with E-state index in [0.717, 1.165) is 25.2 Å². The number of nitriles is 1. The van der Waals surface area contributed by atoms with Crippen molar-refractivity contribution in [2.45, 2.75) is 45.3 Å². The van der Waals surface area contributed by atoms with Crippen molar-refractivity contribution in [1.29, 1.82) is 5.26 Å². The minimum atomic E-state index is -0.157. The first-order chi connectivity index (χ1) is 9.26. The number of nitrogens with one attached hydrogen (secondary N) is 1. The predicted molar refractivity (Wildman–Crippen MR) is 77.6 cm³/mol. The molecule has 0 aromatic heterocycles. The lowest BCUT2D eigenvalue weighted by molar-refractivity contribution is 0.296. The van der Waals surface area contributed by atoms with Gasteiger partial charge in [0.1, 0.15) is 6.04 Å². The van der Waals surface area contributed by atoms with Crippen molar-refractivity contribution in [2.75, 3.05) is 13.1 Å². The maximum absolute atomic E-state index is 9.23. The molecule has 1 aliphatic rings. The van der Waals surface area contributed by atoms with Crippen LogP contribution in [0.2, 0.25) is 0 Å². The third-order valence-electron chi connectivity index (χ3n) is 3.72. The van der Waals surface area contributed by atoms with Gasteiger partial charge in [0, 0.05) is 12.6 Å². The zero-order valence-corrected chi connectivity index (χ0v) is 11.9. The third-order valence-corrected chi connectivity index (χ3v) is 3.72. The van der Waals surface area contributed by atoms with Gasteiger partial charge in [0.05, 0.1) is 6.07 Å². The van der Waals surface area contributed by atoms with Gasteiger partial charge in [-0.2, -0.15) is 5.26 Å². The molecule has 1 saturated carbocycles. The zero-order chi connectivity index (χ0) is 13.7. The zero-order valence-electron chi connectivity index (χ0n) is 11.9. The van der Waals surface area contributed by atoms with Crippen molar-refractivity contribution >= 4 is 0 Å². The molecular formula is C16H23N3. The lowest BCUT2D eigenvalue weighted by Crippen LogP contribution is -2.23. The fraction of sp³-hybridized carbons (Fsp3) is 0.562. The van der Waals surface area contributed by atoms with Crippen LogP contribution in [0, 0.1) is 11.3 Å². The van der Waals surface area contributed by atoms with E-state index in [1.54, 1.807) is 0 Å². The SMILES string of the molecule is CCN(CC)Cc1ccc(C(C#N)NC2CC2)cc1. The van der Waals surface area contributed by atoms with Crippen LogP contribution in [-0.4, -0.2) is 24.0 Å². The minimum Gasteiger partial charge on any atom is -0.300 e. The van der Waals surface area contributed by atoms with Crippen molar-refractivity contribution < 1.29 is 0 Å². The molecule has 1 atom stereocenters. The summed E-state index contributed by atoms with van der Waals surface area (Å²) in [5.41, 5.74) is 2.40. The maximum Gasteiger partial charge on any atom is 0.121 e. The summed E-state index contributed by atoms with van der Waals surface area (Å²) in [6.07, 6.45) is 2.41. The van der Waals surface area contributed by atoms with E-state index in [-0.39, 0.29) is 6.04 Å². The second-order valence-electron chi connectivity index (χ2n) is 5.21. The fourth-order valence-corrected chi connectivity index (χ4v) is 2.21. The van der Waals surface area contributed by atoms with Gasteiger partial charge in [-0.05, 0) is 37.1 Å². The second kappa shape index (κ2) is 6.70. The summed E-state index contributed by atoms with van der Waals surface area (Å²) >= 11 is 0. The summed E-state index contributed by atoms with van der Waals surface area (Å²) in [5.74, 6) is 0. The van der Waals surface area contributed by atoms with Gasteiger partial charge in [0.2, 0.25) is 0 Å². The van der Waals surface area contributed by atoms with Crippen molar-refractivity contribution in [2.24, 2.45) is 0 Å². The molecule has 1 N–H and O–H groups in total. The Hall–Kier alpha value is -1.37. The lowest BCUT2D eigenvalue weighted by Gasteiger charge is -2.18. The fourth-order valence-electron chi connectivity index (χ4n) is 2.21. The Morgan fingerprint density at radius 1 is 1.26 bits per heavy atom. The highest BCUT2D eigenvalue weighted by molar-refractivity contribution is 5.28. The maximum atomic E-state index is 9.23. The molecule has 1 aliphatic carbocycles. The topological polar surface area (TPSA) is 39.1 Å². The summed E-state index contributed by atoms with van der Waals surface area (Å²) in [6, 6.07) is 11.2. The Morgan fingerprint density at radius 2 is 1.89 bits per heavy atom. The molecule has 3 heteroatoms. The first-order valence-electron chi connectivity index (χ1n) is 7.23. The van der Waals surface area contributed by atoms with Crippen LogP contribution in [-0.2, 0) is 6.54 Å². The number of benzene rings is 1. The van der Waals surface area contributed by atoms with Crippen LogP contribution in [0.5, 0.6) is 0 Å². The molecule has 1 aromatic carbocycles. The molecule has 19 heavy (non-hydrogen) atoms. The highest BCUT2D eigenvalue weighted by Crippen LogP contribution is 2.24. The standard InChI is InChI=1S/C16H23N3/c1-3-19(4-2)12-13-5-7-14(8-6-13)16(11-17)18-15-9-10-15/h5-8,15-16,18H,3-4,9-10,12H2,1-2H3. The molecule has 2 rings (SSSR count). The van der Waals surface area contributed by atoms with Crippen molar-refractivity contribution in [3.8, 4) is 6.07 Å². The Balaban J connectivity index is 1.98. The third kappa shape index (κ3) is 4.05. The Kier molecular flexibility index (Phi) is 4.95. The van der Waals surface area contributed by atoms with Gasteiger partial charge in [0.25, 0.3) is 0 Å². The van der Waals surface area contributed by atoms with Gasteiger partial charge < -0.3 is 0 Å². The molecule has 0 heterocycles. The largest absolute Gasteiger partial charge is 0.300 e. The van der Waals surface area contributed by atoms with E-state index in [0.29, 0.717) is 6.04 Å². The van der Waals surface area contributed by atoms with Crippen molar-refractivity contribution in [3.05, 3.63) is 35.4 Å². The van der Waals surface area contributed by atoms with Crippen LogP contribution in [0.3, 0.4) is 0 Å². The molecule has 0 aliphatic heterocycles. The van der Waals surface area contributed by atoms with E-state index < -0.39 is 0 Å². The van der Waals surface area contributed by atoms with Crippen LogP contribution >= 0.6 is 0 Å². The number of hydrogen-bond acceptors (Lipinski definition) is 3. The summed E-state index contributed by atoms with van der Waals surface area (Å²) in [4.78, 5) is 2.39. The molecule has 1 fully saturated rings.